The van der Waals surface area contributed by atoms with Crippen molar-refractivity contribution in [2.45, 2.75) is 13.3 Å². The maximum absolute atomic E-state index is 12.1. The maximum Gasteiger partial charge on any atom is 0.230 e. The predicted octanol–water partition coefficient (Wildman–Crippen LogP) is 5.08. The topological polar surface area (TPSA) is 42.0 Å². The van der Waals surface area contributed by atoms with Crippen LogP contribution in [0, 0.1) is 6.92 Å². The highest BCUT2D eigenvalue weighted by atomic mass is 35.5. The number of nitrogens with one attached hydrogen (secondary N) is 1. The Hall–Kier alpha value is -1.21. The van der Waals surface area contributed by atoms with Crippen LogP contribution in [0.2, 0.25) is 4.34 Å². The van der Waals surface area contributed by atoms with Crippen LogP contribution in [0.15, 0.2) is 29.0 Å². The number of aryl methyl sites for hydroxylation is 1. The second-order valence-corrected chi connectivity index (χ2v) is 7.96. The first-order valence-corrected chi connectivity index (χ1v) is 9.11. The predicted molar refractivity (Wildman–Crippen MR) is 91.8 cm³/mol. The molecule has 3 nitrogen and oxygen atoms in total. The monoisotopic (exact) mass is 354 g/mol. The Balaban J connectivity index is 1.73. The third kappa shape index (κ3) is 3.52. The summed E-state index contributed by atoms with van der Waals surface area (Å²) < 4.78 is 0.702. The molecule has 1 amide bonds. The summed E-state index contributed by atoms with van der Waals surface area (Å²) in [6.45, 7) is 1.96. The van der Waals surface area contributed by atoms with Gasteiger partial charge in [-0.25, -0.2) is 4.98 Å². The van der Waals surface area contributed by atoms with E-state index in [4.69, 9.17) is 11.6 Å². The van der Waals surface area contributed by atoms with Crippen LogP contribution in [0.25, 0.3) is 10.6 Å². The highest BCUT2D eigenvalue weighted by molar-refractivity contribution is 7.17. The van der Waals surface area contributed by atoms with Crippen molar-refractivity contribution in [3.8, 4) is 10.6 Å². The van der Waals surface area contributed by atoms with Gasteiger partial charge in [-0.2, -0.15) is 0 Å². The molecule has 21 heavy (non-hydrogen) atoms. The summed E-state index contributed by atoms with van der Waals surface area (Å²) >= 11 is 10.4. The van der Waals surface area contributed by atoms with E-state index in [2.05, 4.69) is 10.3 Å². The summed E-state index contributed by atoms with van der Waals surface area (Å²) in [4.78, 5) is 17.5. The number of carbonyl (C=O) groups is 1. The van der Waals surface area contributed by atoms with E-state index < -0.39 is 0 Å². The molecule has 0 aliphatic carbocycles. The molecule has 1 N–H and O–H groups in total. The first-order valence-electron chi connectivity index (χ1n) is 6.16. The quantitative estimate of drug-likeness (QED) is 0.710. The van der Waals surface area contributed by atoms with Crippen molar-refractivity contribution in [1.82, 2.24) is 4.98 Å². The molecule has 3 aromatic heterocycles. The lowest BCUT2D eigenvalue weighted by atomic mass is 10.3. The molecule has 0 atom stereocenters. The molecule has 0 radical (unpaired) electrons. The van der Waals surface area contributed by atoms with E-state index in [0.717, 1.165) is 26.1 Å². The molecule has 108 valence electrons. The zero-order valence-electron chi connectivity index (χ0n) is 11.1. The van der Waals surface area contributed by atoms with Crippen LogP contribution < -0.4 is 5.32 Å². The van der Waals surface area contributed by atoms with E-state index in [-0.39, 0.29) is 5.91 Å². The number of halogens is 1. The summed E-state index contributed by atoms with van der Waals surface area (Å²) in [6, 6.07) is 5.68. The average molecular weight is 355 g/mol. The molecular weight excluding hydrogens is 344 g/mol. The number of hydrogen-bond donors (Lipinski definition) is 1. The molecule has 3 rings (SSSR count). The van der Waals surface area contributed by atoms with Crippen LogP contribution in [0.3, 0.4) is 0 Å². The van der Waals surface area contributed by atoms with Gasteiger partial charge >= 0.3 is 0 Å². The molecule has 3 aromatic rings. The summed E-state index contributed by atoms with van der Waals surface area (Å²) in [6.07, 6.45) is 0.339. The minimum absolute atomic E-state index is 0.0366. The fourth-order valence-electron chi connectivity index (χ4n) is 1.83. The maximum atomic E-state index is 12.1. The lowest BCUT2D eigenvalue weighted by Gasteiger charge is -2.03. The van der Waals surface area contributed by atoms with Gasteiger partial charge in [-0.1, -0.05) is 11.6 Å². The number of amides is 1. The van der Waals surface area contributed by atoms with E-state index in [1.54, 1.807) is 11.3 Å². The zero-order chi connectivity index (χ0) is 14.8. The van der Waals surface area contributed by atoms with Crippen molar-refractivity contribution in [3.63, 3.8) is 0 Å². The summed E-state index contributed by atoms with van der Waals surface area (Å²) in [5.41, 5.74) is 1.97. The molecule has 0 aliphatic rings. The zero-order valence-corrected chi connectivity index (χ0v) is 14.3. The largest absolute Gasteiger partial charge is 0.317 e. The summed E-state index contributed by atoms with van der Waals surface area (Å²) in [5, 5.41) is 8.71. The average Bonchev–Trinajstić information content (AvgIpc) is 3.12. The third-order valence-electron chi connectivity index (χ3n) is 2.73. The fraction of sp³-hybridized carbons (Fsp3) is 0.143. The van der Waals surface area contributed by atoms with E-state index >= 15 is 0 Å². The van der Waals surface area contributed by atoms with Gasteiger partial charge in [0.05, 0.1) is 10.8 Å². The lowest BCUT2D eigenvalue weighted by molar-refractivity contribution is -0.115. The van der Waals surface area contributed by atoms with Crippen LogP contribution in [-0.4, -0.2) is 10.9 Å². The van der Waals surface area contributed by atoms with Gasteiger partial charge in [0, 0.05) is 21.5 Å². The first kappa shape index (κ1) is 14.7. The van der Waals surface area contributed by atoms with Crippen LogP contribution in [0.5, 0.6) is 0 Å². The molecule has 0 bridgehead atoms. The number of thiophene rings is 2. The fourth-order valence-corrected chi connectivity index (χ4v) is 4.61. The van der Waals surface area contributed by atoms with Gasteiger partial charge in [0.25, 0.3) is 0 Å². The minimum atomic E-state index is -0.0366. The molecule has 3 heterocycles. The molecule has 7 heteroatoms. The van der Waals surface area contributed by atoms with Gasteiger partial charge in [-0.15, -0.1) is 34.0 Å². The molecular formula is C14H11ClN2OS3. The van der Waals surface area contributed by atoms with Crippen molar-refractivity contribution in [1.29, 1.82) is 0 Å². The third-order valence-corrected chi connectivity index (χ3v) is 5.79. The molecule has 0 fully saturated rings. The van der Waals surface area contributed by atoms with Crippen LogP contribution in [0.1, 0.15) is 10.6 Å². The number of nitrogens with zero attached hydrogens (tertiary/aromatic N) is 1. The lowest BCUT2D eigenvalue weighted by Crippen LogP contribution is -2.13. The van der Waals surface area contributed by atoms with Crippen LogP contribution in [0.4, 0.5) is 5.00 Å². The highest BCUT2D eigenvalue weighted by Gasteiger charge is 2.13. The molecule has 0 spiro atoms. The van der Waals surface area contributed by atoms with E-state index in [0.29, 0.717) is 10.8 Å². The van der Waals surface area contributed by atoms with E-state index in [1.165, 1.54) is 22.7 Å². The number of aromatic nitrogens is 1. The van der Waals surface area contributed by atoms with Crippen molar-refractivity contribution in [2.24, 2.45) is 0 Å². The summed E-state index contributed by atoms with van der Waals surface area (Å²) in [7, 11) is 0. The molecule has 0 aromatic carbocycles. The van der Waals surface area contributed by atoms with Gasteiger partial charge in [0.2, 0.25) is 5.91 Å². The number of carbonyl (C=O) groups excluding carboxylic acids is 1. The van der Waals surface area contributed by atoms with Gasteiger partial charge in [-0.05, 0) is 30.5 Å². The molecule has 0 aliphatic heterocycles. The van der Waals surface area contributed by atoms with E-state index in [1.807, 2.05) is 35.9 Å². The second kappa shape index (κ2) is 6.27. The number of thiazole rings is 1. The van der Waals surface area contributed by atoms with Gasteiger partial charge in [0.15, 0.2) is 0 Å². The Kier molecular flexibility index (Phi) is 4.40. The van der Waals surface area contributed by atoms with Gasteiger partial charge in [-0.3, -0.25) is 4.79 Å². The van der Waals surface area contributed by atoms with Crippen molar-refractivity contribution < 1.29 is 4.79 Å². The number of rotatable bonds is 4. The van der Waals surface area contributed by atoms with Crippen molar-refractivity contribution in [2.75, 3.05) is 5.32 Å². The number of anilines is 1. The molecule has 0 saturated carbocycles. The van der Waals surface area contributed by atoms with Gasteiger partial charge in [0.1, 0.15) is 10.0 Å². The highest BCUT2D eigenvalue weighted by Crippen LogP contribution is 2.35. The van der Waals surface area contributed by atoms with Crippen LogP contribution in [-0.2, 0) is 11.2 Å². The molecule has 0 unspecified atom stereocenters. The Bertz CT molecular complexity index is 775. The second-order valence-electron chi connectivity index (χ2n) is 4.39. The van der Waals surface area contributed by atoms with Gasteiger partial charge < -0.3 is 5.32 Å². The molecule has 0 saturated heterocycles. The summed E-state index contributed by atoms with van der Waals surface area (Å²) in [5.74, 6) is -0.0366. The van der Waals surface area contributed by atoms with E-state index in [9.17, 15) is 4.79 Å². The normalized spacial score (nSPS) is 10.8. The Morgan fingerprint density at radius 1 is 1.33 bits per heavy atom. The Labute approximate surface area is 139 Å². The van der Waals surface area contributed by atoms with Crippen molar-refractivity contribution in [3.05, 3.63) is 43.9 Å². The standard InChI is InChI=1S/C14H11ClN2OS3/c1-8-7-20-13(16-8)10-4-5-19-14(10)17-12(18)6-9-2-3-11(15)21-9/h2-5,7H,6H2,1H3,(H,17,18). The van der Waals surface area contributed by atoms with Crippen LogP contribution >= 0.6 is 45.6 Å². The Morgan fingerprint density at radius 2 is 2.19 bits per heavy atom. The first-order chi connectivity index (χ1) is 10.1. The SMILES string of the molecule is Cc1csc(-c2ccsc2NC(=O)Cc2ccc(Cl)s2)n1. The van der Waals surface area contributed by atoms with Crippen molar-refractivity contribution >= 4 is 56.5 Å². The smallest absolute Gasteiger partial charge is 0.230 e. The minimum Gasteiger partial charge on any atom is -0.317 e. The number of hydrogen-bond acceptors (Lipinski definition) is 5. The Morgan fingerprint density at radius 3 is 2.86 bits per heavy atom.